The van der Waals surface area contributed by atoms with Crippen molar-refractivity contribution in [3.8, 4) is 11.3 Å². The molecule has 2 N–H and O–H groups in total. The first-order chi connectivity index (χ1) is 15.4. The van der Waals surface area contributed by atoms with E-state index in [0.717, 1.165) is 11.1 Å². The van der Waals surface area contributed by atoms with Crippen LogP contribution in [-0.4, -0.2) is 33.8 Å². The topological polar surface area (TPSA) is 84.5 Å². The lowest BCUT2D eigenvalue weighted by molar-refractivity contribution is -0.130. The van der Waals surface area contributed by atoms with Gasteiger partial charge < -0.3 is 5.73 Å². The summed E-state index contributed by atoms with van der Waals surface area (Å²) in [5.41, 5.74) is 8.77. The molecule has 0 bridgehead atoms. The Hall–Kier alpha value is -3.61. The molecule has 3 aromatic rings. The summed E-state index contributed by atoms with van der Waals surface area (Å²) in [6.07, 6.45) is 5.43. The Balaban J connectivity index is 1.63. The van der Waals surface area contributed by atoms with Crippen LogP contribution in [0.1, 0.15) is 48.3 Å². The maximum absolute atomic E-state index is 14.3. The maximum Gasteiger partial charge on any atom is 0.239 e. The average molecular weight is 429 g/mol. The van der Waals surface area contributed by atoms with Crippen molar-refractivity contribution in [2.45, 2.75) is 37.1 Å². The number of benzene rings is 1. The van der Waals surface area contributed by atoms with Crippen molar-refractivity contribution in [3.05, 3.63) is 83.6 Å². The molecule has 5 rings (SSSR count). The van der Waals surface area contributed by atoms with Crippen LogP contribution in [0.4, 0.5) is 4.39 Å². The van der Waals surface area contributed by atoms with Crippen molar-refractivity contribution < 1.29 is 9.18 Å². The monoisotopic (exact) mass is 429 g/mol. The largest absolute Gasteiger partial charge is 0.369 e. The number of amides is 1. The summed E-state index contributed by atoms with van der Waals surface area (Å²) in [5, 5.41) is 0. The van der Waals surface area contributed by atoms with Crippen LogP contribution >= 0.6 is 0 Å². The van der Waals surface area contributed by atoms with E-state index in [2.05, 4.69) is 22.1 Å². The zero-order valence-corrected chi connectivity index (χ0v) is 18.0. The Morgan fingerprint density at radius 1 is 1.06 bits per heavy atom. The lowest BCUT2D eigenvalue weighted by Gasteiger charge is -2.41. The molecule has 1 aliphatic heterocycles. The number of nitrogens with two attached hydrogens (primary N) is 1. The molecule has 0 spiro atoms. The van der Waals surface area contributed by atoms with E-state index in [4.69, 9.17) is 10.7 Å². The fourth-order valence-electron chi connectivity index (χ4n) is 4.47. The van der Waals surface area contributed by atoms with Gasteiger partial charge in [-0.05, 0) is 66.6 Å². The van der Waals surface area contributed by atoms with Crippen LogP contribution in [0.2, 0.25) is 0 Å². The minimum atomic E-state index is -0.981. The van der Waals surface area contributed by atoms with Crippen molar-refractivity contribution in [3.63, 3.8) is 0 Å². The van der Waals surface area contributed by atoms with E-state index in [9.17, 15) is 9.18 Å². The second kappa shape index (κ2) is 7.51. The van der Waals surface area contributed by atoms with Gasteiger partial charge in [0.15, 0.2) is 5.96 Å². The van der Waals surface area contributed by atoms with Gasteiger partial charge in [0.1, 0.15) is 5.54 Å². The minimum absolute atomic E-state index is 0.134. The highest BCUT2D eigenvalue weighted by Crippen LogP contribution is 2.45. The van der Waals surface area contributed by atoms with Gasteiger partial charge in [-0.15, -0.1) is 0 Å². The van der Waals surface area contributed by atoms with Crippen LogP contribution in [-0.2, 0) is 10.3 Å². The number of pyridine rings is 2. The van der Waals surface area contributed by atoms with E-state index in [0.29, 0.717) is 17.2 Å². The number of hydrogen-bond donors (Lipinski definition) is 1. The summed E-state index contributed by atoms with van der Waals surface area (Å²) >= 11 is 0. The van der Waals surface area contributed by atoms with E-state index in [1.807, 2.05) is 19.1 Å². The minimum Gasteiger partial charge on any atom is -0.369 e. The third-order valence-corrected chi connectivity index (χ3v) is 6.53. The Morgan fingerprint density at radius 3 is 2.47 bits per heavy atom. The number of likely N-dealkylation sites (N-methyl/N-ethyl adjacent to an activating group) is 1. The Bertz CT molecular complexity index is 1220. The number of aromatic nitrogens is 2. The van der Waals surface area contributed by atoms with Gasteiger partial charge >= 0.3 is 0 Å². The first-order valence-corrected chi connectivity index (χ1v) is 10.7. The molecule has 0 unspecified atom stereocenters. The van der Waals surface area contributed by atoms with Crippen LogP contribution in [0.3, 0.4) is 0 Å². The molecule has 1 aliphatic carbocycles. The van der Waals surface area contributed by atoms with Gasteiger partial charge in [0, 0.05) is 19.4 Å². The molecule has 2 aliphatic rings. The fourth-order valence-corrected chi connectivity index (χ4v) is 4.47. The highest BCUT2D eigenvalue weighted by Gasteiger charge is 2.47. The number of rotatable bonds is 4. The quantitative estimate of drug-likeness (QED) is 0.637. The first kappa shape index (κ1) is 20.3. The van der Waals surface area contributed by atoms with Gasteiger partial charge in [-0.3, -0.25) is 14.7 Å². The number of hydrogen-bond acceptors (Lipinski definition) is 5. The molecule has 6 nitrogen and oxygen atoms in total. The number of aliphatic imine (C=N–C) groups is 1. The number of guanidine groups is 1. The number of nitrogens with zero attached hydrogens (tertiary/aromatic N) is 4. The van der Waals surface area contributed by atoms with Crippen molar-refractivity contribution in [2.24, 2.45) is 10.7 Å². The first-order valence-electron chi connectivity index (χ1n) is 10.7. The molecule has 3 heterocycles. The Kier molecular flexibility index (Phi) is 4.77. The van der Waals surface area contributed by atoms with Gasteiger partial charge in [-0.25, -0.2) is 9.98 Å². The summed E-state index contributed by atoms with van der Waals surface area (Å²) in [4.78, 5) is 27.7. The normalized spacial score (nSPS) is 23.2. The molecule has 2 atom stereocenters. The molecule has 7 heteroatoms. The van der Waals surface area contributed by atoms with Crippen LogP contribution in [0.5, 0.6) is 0 Å². The van der Waals surface area contributed by atoms with Crippen molar-refractivity contribution in [1.29, 1.82) is 0 Å². The highest BCUT2D eigenvalue weighted by molar-refractivity contribution is 6.02. The predicted octanol–water partition coefficient (Wildman–Crippen LogP) is 3.95. The predicted molar refractivity (Wildman–Crippen MR) is 120 cm³/mol. The molecule has 0 saturated heterocycles. The van der Waals surface area contributed by atoms with E-state index < -0.39 is 17.4 Å². The SMILES string of the molecule is CN1C(=O)[C@H](c2ccc(C3CC3)cc2)[C@@](C)(c2ccnc(-c3cccnc3F)c2)N=C1N. The molecular weight excluding hydrogens is 405 g/mol. The van der Waals surface area contributed by atoms with Gasteiger partial charge in [-0.1, -0.05) is 24.3 Å². The van der Waals surface area contributed by atoms with E-state index in [1.54, 1.807) is 37.5 Å². The molecule has 1 saturated carbocycles. The molecule has 1 aromatic carbocycles. The van der Waals surface area contributed by atoms with Crippen LogP contribution < -0.4 is 5.73 Å². The van der Waals surface area contributed by atoms with Crippen molar-refractivity contribution >= 4 is 11.9 Å². The van der Waals surface area contributed by atoms with Crippen molar-refractivity contribution in [1.82, 2.24) is 14.9 Å². The van der Waals surface area contributed by atoms with Gasteiger partial charge in [0.05, 0.1) is 17.2 Å². The second-order valence-corrected chi connectivity index (χ2v) is 8.66. The van der Waals surface area contributed by atoms with Gasteiger partial charge in [0.2, 0.25) is 11.9 Å². The van der Waals surface area contributed by atoms with E-state index >= 15 is 0 Å². The van der Waals surface area contributed by atoms with Crippen LogP contribution in [0.25, 0.3) is 11.3 Å². The van der Waals surface area contributed by atoms with E-state index in [1.165, 1.54) is 29.5 Å². The van der Waals surface area contributed by atoms with Crippen LogP contribution in [0.15, 0.2) is 65.9 Å². The van der Waals surface area contributed by atoms with Crippen molar-refractivity contribution in [2.75, 3.05) is 7.05 Å². The zero-order valence-electron chi connectivity index (χ0n) is 18.0. The number of carbonyl (C=O) groups is 1. The highest BCUT2D eigenvalue weighted by atomic mass is 19.1. The molecule has 1 amide bonds. The summed E-state index contributed by atoms with van der Waals surface area (Å²) in [5.74, 6) is -0.538. The standard InChI is InChI=1S/C25H24FN5O/c1-25(18-11-13-28-20(14-18)19-4-3-12-29-22(19)26)21(23(32)31(2)24(27)30-25)17-9-7-16(8-10-17)15-5-6-15/h3-4,7-15,21H,5-6H2,1-2H3,(H2,27,30)/t21-,25+/m0/s1. The smallest absolute Gasteiger partial charge is 0.239 e. The number of halogens is 1. The van der Waals surface area contributed by atoms with E-state index in [-0.39, 0.29) is 11.9 Å². The lowest BCUT2D eigenvalue weighted by atomic mass is 9.74. The molecule has 1 fully saturated rings. The Labute approximate surface area is 186 Å². The number of carbonyl (C=O) groups excluding carboxylic acids is 1. The maximum atomic E-state index is 14.3. The van der Waals surface area contributed by atoms with Gasteiger partial charge in [-0.2, -0.15) is 4.39 Å². The Morgan fingerprint density at radius 2 is 1.78 bits per heavy atom. The molecular formula is C25H24FN5O. The lowest BCUT2D eigenvalue weighted by Crippen LogP contribution is -2.52. The molecule has 0 radical (unpaired) electrons. The summed E-state index contributed by atoms with van der Waals surface area (Å²) < 4.78 is 14.3. The van der Waals surface area contributed by atoms with Crippen LogP contribution in [0, 0.1) is 5.95 Å². The molecule has 32 heavy (non-hydrogen) atoms. The molecule has 162 valence electrons. The zero-order chi connectivity index (χ0) is 22.5. The summed E-state index contributed by atoms with van der Waals surface area (Å²) in [7, 11) is 1.63. The average Bonchev–Trinajstić information content (AvgIpc) is 3.64. The fraction of sp³-hybridized carbons (Fsp3) is 0.280. The molecule has 2 aromatic heterocycles. The third kappa shape index (κ3) is 3.34. The van der Waals surface area contributed by atoms with Gasteiger partial charge in [0.25, 0.3) is 0 Å². The second-order valence-electron chi connectivity index (χ2n) is 8.66. The summed E-state index contributed by atoms with van der Waals surface area (Å²) in [6, 6.07) is 15.1. The third-order valence-electron chi connectivity index (χ3n) is 6.53. The summed E-state index contributed by atoms with van der Waals surface area (Å²) in [6.45, 7) is 1.89.